The highest BCUT2D eigenvalue weighted by atomic mass is 32.2. The highest BCUT2D eigenvalue weighted by Crippen LogP contribution is 2.27. The minimum Gasteiger partial charge on any atom is -0.497 e. The first-order valence-corrected chi connectivity index (χ1v) is 12.0. The first-order valence-electron chi connectivity index (χ1n) is 11.0. The number of likely N-dealkylation sites (tertiary alicyclic amines) is 1. The van der Waals surface area contributed by atoms with Crippen molar-refractivity contribution in [2.75, 3.05) is 32.5 Å². The quantitative estimate of drug-likeness (QED) is 0.494. The van der Waals surface area contributed by atoms with E-state index in [1.807, 2.05) is 35.0 Å². The molecule has 1 unspecified atom stereocenters. The minimum atomic E-state index is 0.0152. The molecule has 1 fully saturated rings. The lowest BCUT2D eigenvalue weighted by atomic mass is 10.0. The molecule has 3 aromatic rings. The molecule has 6 nitrogen and oxygen atoms in total. The summed E-state index contributed by atoms with van der Waals surface area (Å²) in [4.78, 5) is 19.6. The summed E-state index contributed by atoms with van der Waals surface area (Å²) < 4.78 is 7.45. The van der Waals surface area contributed by atoms with Crippen LogP contribution in [0.2, 0.25) is 0 Å². The van der Waals surface area contributed by atoms with E-state index in [4.69, 9.17) is 4.74 Å². The summed E-state index contributed by atoms with van der Waals surface area (Å²) in [5.74, 6) is 1.19. The van der Waals surface area contributed by atoms with Gasteiger partial charge in [-0.05, 0) is 62.2 Å². The third-order valence-electron chi connectivity index (χ3n) is 5.87. The number of ether oxygens (including phenoxy) is 1. The number of nitrogens with zero attached hydrogens (tertiary/aromatic N) is 3. The molecular formula is C25H30N4O2S. The van der Waals surface area contributed by atoms with Crippen molar-refractivity contribution < 1.29 is 9.53 Å². The highest BCUT2D eigenvalue weighted by molar-refractivity contribution is 7.99. The highest BCUT2D eigenvalue weighted by Gasteiger charge is 2.24. The molecule has 32 heavy (non-hydrogen) atoms. The summed E-state index contributed by atoms with van der Waals surface area (Å²) >= 11 is 1.46. The van der Waals surface area contributed by atoms with Crippen LogP contribution in [0.15, 0.2) is 66.1 Å². The molecule has 168 valence electrons. The van der Waals surface area contributed by atoms with Gasteiger partial charge in [0.15, 0.2) is 5.16 Å². The Hall–Kier alpha value is -2.77. The molecule has 1 saturated heterocycles. The average Bonchev–Trinajstić information content (AvgIpc) is 3.51. The van der Waals surface area contributed by atoms with Crippen molar-refractivity contribution in [3.05, 3.63) is 72.1 Å². The van der Waals surface area contributed by atoms with Crippen molar-refractivity contribution in [1.29, 1.82) is 0 Å². The normalized spacial score (nSPS) is 14.9. The first kappa shape index (κ1) is 22.4. The number of methoxy groups -OCH3 is 1. The number of hydrogen-bond acceptors (Lipinski definition) is 5. The van der Waals surface area contributed by atoms with E-state index < -0.39 is 0 Å². The molecule has 1 N–H and O–H groups in total. The van der Waals surface area contributed by atoms with Crippen LogP contribution in [0.4, 0.5) is 0 Å². The zero-order valence-electron chi connectivity index (χ0n) is 18.7. The van der Waals surface area contributed by atoms with E-state index in [1.165, 1.54) is 35.7 Å². The maximum atomic E-state index is 12.7. The lowest BCUT2D eigenvalue weighted by Gasteiger charge is -2.28. The third-order valence-corrected chi connectivity index (χ3v) is 6.83. The van der Waals surface area contributed by atoms with Crippen molar-refractivity contribution in [3.8, 4) is 11.4 Å². The van der Waals surface area contributed by atoms with Crippen LogP contribution in [0.5, 0.6) is 5.75 Å². The van der Waals surface area contributed by atoms with Crippen LogP contribution in [0.1, 0.15) is 30.0 Å². The third kappa shape index (κ3) is 5.34. The molecule has 0 radical (unpaired) electrons. The number of thioether (sulfide) groups is 1. The van der Waals surface area contributed by atoms with Crippen molar-refractivity contribution in [2.24, 2.45) is 0 Å². The second-order valence-corrected chi connectivity index (χ2v) is 8.94. The van der Waals surface area contributed by atoms with Crippen LogP contribution in [0.3, 0.4) is 0 Å². The smallest absolute Gasteiger partial charge is 0.230 e. The summed E-state index contributed by atoms with van der Waals surface area (Å²) in [6.45, 7) is 4.77. The number of carbonyl (C=O) groups is 1. The number of benzene rings is 2. The topological polar surface area (TPSA) is 59.4 Å². The molecule has 0 bridgehead atoms. The largest absolute Gasteiger partial charge is 0.497 e. The summed E-state index contributed by atoms with van der Waals surface area (Å²) in [7, 11) is 1.68. The van der Waals surface area contributed by atoms with E-state index in [9.17, 15) is 4.79 Å². The van der Waals surface area contributed by atoms with Crippen LogP contribution in [0, 0.1) is 6.92 Å². The average molecular weight is 451 g/mol. The van der Waals surface area contributed by atoms with Gasteiger partial charge in [0.05, 0.1) is 24.6 Å². The van der Waals surface area contributed by atoms with Gasteiger partial charge in [-0.25, -0.2) is 4.98 Å². The molecule has 1 aromatic heterocycles. The van der Waals surface area contributed by atoms with Gasteiger partial charge < -0.3 is 10.1 Å². The number of amides is 1. The summed E-state index contributed by atoms with van der Waals surface area (Å²) in [5, 5.41) is 3.97. The van der Waals surface area contributed by atoms with Crippen LogP contribution in [-0.4, -0.2) is 52.9 Å². The molecule has 2 aromatic carbocycles. The van der Waals surface area contributed by atoms with Crippen molar-refractivity contribution in [1.82, 2.24) is 19.8 Å². The second-order valence-electron chi connectivity index (χ2n) is 7.99. The van der Waals surface area contributed by atoms with Crippen molar-refractivity contribution >= 4 is 17.7 Å². The Morgan fingerprint density at radius 2 is 2.00 bits per heavy atom. The van der Waals surface area contributed by atoms with Gasteiger partial charge in [-0.1, -0.05) is 42.1 Å². The molecule has 0 aliphatic carbocycles. The standard InChI is InChI=1S/C25H30N4O2S/c1-19-8-3-4-11-22(19)29-15-12-26-25(29)32-18-24(30)27-17-23(28-13-5-6-14-28)20-9-7-10-21(16-20)31-2/h3-4,7-12,15-16,23H,5-6,13-14,17-18H2,1-2H3,(H,27,30). The molecule has 2 heterocycles. The lowest BCUT2D eigenvalue weighted by molar-refractivity contribution is -0.118. The molecule has 7 heteroatoms. The Kier molecular flexibility index (Phi) is 7.50. The van der Waals surface area contributed by atoms with Gasteiger partial charge >= 0.3 is 0 Å². The van der Waals surface area contributed by atoms with Crippen LogP contribution in [0.25, 0.3) is 5.69 Å². The van der Waals surface area contributed by atoms with E-state index in [-0.39, 0.29) is 11.9 Å². The fourth-order valence-corrected chi connectivity index (χ4v) is 4.96. The van der Waals surface area contributed by atoms with E-state index in [0.29, 0.717) is 12.3 Å². The number of aryl methyl sites for hydroxylation is 1. The SMILES string of the molecule is COc1cccc(C(CNC(=O)CSc2nccn2-c2ccccc2C)N2CCCC2)c1. The predicted molar refractivity (Wildman–Crippen MR) is 129 cm³/mol. The number of hydrogen-bond donors (Lipinski definition) is 1. The zero-order valence-corrected chi connectivity index (χ0v) is 19.5. The molecular weight excluding hydrogens is 420 g/mol. The van der Waals surface area contributed by atoms with Gasteiger partial charge in [-0.3, -0.25) is 14.3 Å². The van der Waals surface area contributed by atoms with Gasteiger partial charge in [0.2, 0.25) is 5.91 Å². The number of para-hydroxylation sites is 1. The molecule has 1 aliphatic heterocycles. The van der Waals surface area contributed by atoms with Crippen LogP contribution in [-0.2, 0) is 4.79 Å². The Bertz CT molecular complexity index is 1050. The fourth-order valence-electron chi connectivity index (χ4n) is 4.17. The van der Waals surface area contributed by atoms with E-state index in [1.54, 1.807) is 13.3 Å². The minimum absolute atomic E-state index is 0.0152. The maximum Gasteiger partial charge on any atom is 0.230 e. The molecule has 1 aliphatic rings. The number of nitrogens with one attached hydrogen (secondary N) is 1. The Labute approximate surface area is 194 Å². The second kappa shape index (κ2) is 10.7. The van der Waals surface area contributed by atoms with Gasteiger partial charge in [0.1, 0.15) is 5.75 Å². The molecule has 0 saturated carbocycles. The van der Waals surface area contributed by atoms with Crippen molar-refractivity contribution in [3.63, 3.8) is 0 Å². The Morgan fingerprint density at radius 3 is 2.78 bits per heavy atom. The van der Waals surface area contributed by atoms with Gasteiger partial charge in [0, 0.05) is 18.9 Å². The summed E-state index contributed by atoms with van der Waals surface area (Å²) in [6, 6.07) is 16.5. The Balaban J connectivity index is 1.38. The van der Waals surface area contributed by atoms with E-state index >= 15 is 0 Å². The maximum absolute atomic E-state index is 12.7. The predicted octanol–water partition coefficient (Wildman–Crippen LogP) is 4.23. The number of imidazole rings is 1. The number of aromatic nitrogens is 2. The lowest BCUT2D eigenvalue weighted by Crippen LogP contribution is -2.37. The van der Waals surface area contributed by atoms with Crippen LogP contribution >= 0.6 is 11.8 Å². The molecule has 1 amide bonds. The van der Waals surface area contributed by atoms with Gasteiger partial charge in [-0.2, -0.15) is 0 Å². The number of carbonyl (C=O) groups excluding carboxylic acids is 1. The van der Waals surface area contributed by atoms with E-state index in [2.05, 4.69) is 46.4 Å². The molecule has 4 rings (SSSR count). The fraction of sp³-hybridized carbons (Fsp3) is 0.360. The zero-order chi connectivity index (χ0) is 22.3. The van der Waals surface area contributed by atoms with Gasteiger partial charge in [0.25, 0.3) is 0 Å². The van der Waals surface area contributed by atoms with E-state index in [0.717, 1.165) is 29.7 Å². The summed E-state index contributed by atoms with van der Waals surface area (Å²) in [5.41, 5.74) is 3.43. The van der Waals surface area contributed by atoms with Crippen LogP contribution < -0.4 is 10.1 Å². The van der Waals surface area contributed by atoms with Gasteiger partial charge in [-0.15, -0.1) is 0 Å². The Morgan fingerprint density at radius 1 is 1.19 bits per heavy atom. The van der Waals surface area contributed by atoms with Crippen molar-refractivity contribution in [2.45, 2.75) is 31.0 Å². The summed E-state index contributed by atoms with van der Waals surface area (Å²) in [6.07, 6.45) is 6.12. The first-order chi connectivity index (χ1) is 15.7. The molecule has 0 spiro atoms. The number of rotatable bonds is 9. The monoisotopic (exact) mass is 450 g/mol. The molecule has 1 atom stereocenters.